The summed E-state index contributed by atoms with van der Waals surface area (Å²) in [6, 6.07) is 15.3. The van der Waals surface area contributed by atoms with E-state index >= 15 is 0 Å². The first-order valence-electron chi connectivity index (χ1n) is 7.77. The van der Waals surface area contributed by atoms with Crippen LogP contribution < -0.4 is 9.75 Å². The highest BCUT2D eigenvalue weighted by Gasteiger charge is 2.15. The summed E-state index contributed by atoms with van der Waals surface area (Å²) < 4.78 is 6.14. The molecule has 0 aliphatic heterocycles. The molecule has 7 heteroatoms. The molecule has 0 aliphatic rings. The van der Waals surface area contributed by atoms with E-state index in [1.54, 1.807) is 13.3 Å². The van der Waals surface area contributed by atoms with Gasteiger partial charge in [-0.3, -0.25) is 4.79 Å². The van der Waals surface area contributed by atoms with Crippen molar-refractivity contribution in [2.75, 3.05) is 12.1 Å². The molecule has 0 atom stereocenters. The largest absolute Gasteiger partial charge is 0.497 e. The Kier molecular flexibility index (Phi) is 5.80. The summed E-state index contributed by atoms with van der Waals surface area (Å²) >= 11 is 4.79. The average molecular weight is 430 g/mol. The van der Waals surface area contributed by atoms with E-state index in [9.17, 15) is 4.79 Å². The number of amides is 1. The normalized spacial score (nSPS) is 10.9. The van der Waals surface area contributed by atoms with Gasteiger partial charge in [0, 0.05) is 22.3 Å². The van der Waals surface area contributed by atoms with Crippen molar-refractivity contribution in [3.05, 3.63) is 63.9 Å². The van der Waals surface area contributed by atoms with E-state index in [2.05, 4.69) is 26.0 Å². The van der Waals surface area contributed by atoms with Gasteiger partial charge in [-0.1, -0.05) is 28.1 Å². The number of aromatic nitrogens is 1. The van der Waals surface area contributed by atoms with Crippen molar-refractivity contribution in [1.29, 1.82) is 0 Å². The lowest BCUT2D eigenvalue weighted by Crippen LogP contribution is -2.22. The lowest BCUT2D eigenvalue weighted by molar-refractivity contribution is -0.116. The minimum atomic E-state index is -0.202. The Morgan fingerprint density at radius 1 is 1.19 bits per heavy atom. The van der Waals surface area contributed by atoms with Gasteiger partial charge in [-0.05, 0) is 42.0 Å². The van der Waals surface area contributed by atoms with Gasteiger partial charge in [0.25, 0.3) is 0 Å². The number of benzene rings is 2. The van der Waals surface area contributed by atoms with Gasteiger partial charge in [-0.15, -0.1) is 11.3 Å². The molecule has 0 unspecified atom stereocenters. The number of hydrogen-bond acceptors (Lipinski definition) is 5. The van der Waals surface area contributed by atoms with Gasteiger partial charge in [-0.25, -0.2) is 4.98 Å². The quantitative estimate of drug-likeness (QED) is 0.424. The molecule has 3 rings (SSSR count). The van der Waals surface area contributed by atoms with E-state index in [0.29, 0.717) is 5.13 Å². The van der Waals surface area contributed by atoms with E-state index in [0.717, 1.165) is 27.0 Å². The van der Waals surface area contributed by atoms with E-state index in [-0.39, 0.29) is 5.91 Å². The molecule has 26 heavy (non-hydrogen) atoms. The number of carbonyl (C=O) groups is 1. The molecule has 0 fully saturated rings. The smallest absolute Gasteiger partial charge is 0.246 e. The number of hydrazone groups is 1. The van der Waals surface area contributed by atoms with Gasteiger partial charge >= 0.3 is 0 Å². The Hall–Kier alpha value is -2.51. The van der Waals surface area contributed by atoms with Crippen LogP contribution in [0.4, 0.5) is 5.13 Å². The Bertz CT molecular complexity index is 921. The molecule has 2 aromatic carbocycles. The van der Waals surface area contributed by atoms with Crippen molar-refractivity contribution < 1.29 is 9.53 Å². The molecule has 0 saturated heterocycles. The highest BCUT2D eigenvalue weighted by molar-refractivity contribution is 9.10. The molecule has 1 aromatic heterocycles. The van der Waals surface area contributed by atoms with E-state index in [4.69, 9.17) is 4.74 Å². The predicted octanol–water partition coefficient (Wildman–Crippen LogP) is 4.97. The van der Waals surface area contributed by atoms with E-state index in [1.807, 2.05) is 53.9 Å². The number of ether oxygens (including phenoxy) is 1. The SMILES string of the molecule is COc1ccc(/C=N\N(C(C)=O)c2nc(-c3ccc(Br)cc3)cs2)cc1. The highest BCUT2D eigenvalue weighted by atomic mass is 79.9. The summed E-state index contributed by atoms with van der Waals surface area (Å²) in [5.41, 5.74) is 2.66. The van der Waals surface area contributed by atoms with Gasteiger partial charge in [0.2, 0.25) is 11.0 Å². The minimum absolute atomic E-state index is 0.202. The third-order valence-electron chi connectivity index (χ3n) is 3.55. The Morgan fingerprint density at radius 2 is 1.88 bits per heavy atom. The zero-order valence-corrected chi connectivity index (χ0v) is 16.6. The van der Waals surface area contributed by atoms with Crippen molar-refractivity contribution in [3.8, 4) is 17.0 Å². The van der Waals surface area contributed by atoms with Crippen LogP contribution in [0, 0.1) is 0 Å². The van der Waals surface area contributed by atoms with E-state index < -0.39 is 0 Å². The van der Waals surface area contributed by atoms with Crippen LogP contribution in [0.15, 0.2) is 63.5 Å². The Morgan fingerprint density at radius 3 is 2.50 bits per heavy atom. The van der Waals surface area contributed by atoms with Gasteiger partial charge in [0.1, 0.15) is 5.75 Å². The predicted molar refractivity (Wildman–Crippen MR) is 109 cm³/mol. The fourth-order valence-corrected chi connectivity index (χ4v) is 3.29. The first-order chi connectivity index (χ1) is 12.6. The van der Waals surface area contributed by atoms with Crippen LogP contribution in [0.2, 0.25) is 0 Å². The Labute approximate surface area is 164 Å². The number of methoxy groups -OCH3 is 1. The van der Waals surface area contributed by atoms with Crippen LogP contribution in [0.5, 0.6) is 5.75 Å². The van der Waals surface area contributed by atoms with Crippen molar-refractivity contribution >= 4 is 44.5 Å². The molecule has 0 bridgehead atoms. The summed E-state index contributed by atoms with van der Waals surface area (Å²) in [7, 11) is 1.62. The van der Waals surface area contributed by atoms with Crippen LogP contribution in [0.1, 0.15) is 12.5 Å². The third-order valence-corrected chi connectivity index (χ3v) is 4.89. The van der Waals surface area contributed by atoms with Crippen LogP contribution in [-0.2, 0) is 4.79 Å². The topological polar surface area (TPSA) is 54.8 Å². The molecule has 0 N–H and O–H groups in total. The summed E-state index contributed by atoms with van der Waals surface area (Å²) in [6.45, 7) is 1.46. The molecule has 1 heterocycles. The monoisotopic (exact) mass is 429 g/mol. The number of nitrogens with zero attached hydrogens (tertiary/aromatic N) is 3. The second-order valence-corrected chi connectivity index (χ2v) is 7.12. The zero-order chi connectivity index (χ0) is 18.5. The minimum Gasteiger partial charge on any atom is -0.497 e. The summed E-state index contributed by atoms with van der Waals surface area (Å²) in [5, 5.41) is 8.04. The van der Waals surface area contributed by atoms with Gasteiger partial charge in [0.05, 0.1) is 19.0 Å². The number of anilines is 1. The van der Waals surface area contributed by atoms with Crippen molar-refractivity contribution in [2.24, 2.45) is 5.10 Å². The highest BCUT2D eigenvalue weighted by Crippen LogP contribution is 2.28. The van der Waals surface area contributed by atoms with Crippen LogP contribution in [0.3, 0.4) is 0 Å². The molecular formula is C19H16BrN3O2S. The molecule has 0 radical (unpaired) electrons. The molecule has 1 amide bonds. The maximum Gasteiger partial charge on any atom is 0.246 e. The number of carbonyl (C=O) groups excluding carboxylic acids is 1. The van der Waals surface area contributed by atoms with Crippen molar-refractivity contribution in [3.63, 3.8) is 0 Å². The molecule has 0 saturated carbocycles. The van der Waals surface area contributed by atoms with Crippen LogP contribution in [0.25, 0.3) is 11.3 Å². The fraction of sp³-hybridized carbons (Fsp3) is 0.105. The maximum absolute atomic E-state index is 12.0. The van der Waals surface area contributed by atoms with Gasteiger partial charge < -0.3 is 4.74 Å². The Balaban J connectivity index is 1.82. The molecule has 132 valence electrons. The molecule has 3 aromatic rings. The van der Waals surface area contributed by atoms with E-state index in [1.165, 1.54) is 23.3 Å². The summed E-state index contributed by atoms with van der Waals surface area (Å²) in [6.07, 6.45) is 1.63. The average Bonchev–Trinajstić information content (AvgIpc) is 3.12. The molecular weight excluding hydrogens is 414 g/mol. The van der Waals surface area contributed by atoms with Crippen LogP contribution in [-0.4, -0.2) is 24.2 Å². The maximum atomic E-state index is 12.0. The molecule has 0 spiro atoms. The van der Waals surface area contributed by atoms with Crippen molar-refractivity contribution in [2.45, 2.75) is 6.92 Å². The number of halogens is 1. The van der Waals surface area contributed by atoms with Crippen molar-refractivity contribution in [1.82, 2.24) is 4.98 Å². The molecule has 5 nitrogen and oxygen atoms in total. The number of rotatable bonds is 5. The fourth-order valence-electron chi connectivity index (χ4n) is 2.19. The summed E-state index contributed by atoms with van der Waals surface area (Å²) in [5.74, 6) is 0.566. The molecule has 0 aliphatic carbocycles. The van der Waals surface area contributed by atoms with Crippen LogP contribution >= 0.6 is 27.3 Å². The second kappa shape index (κ2) is 8.25. The van der Waals surface area contributed by atoms with Gasteiger partial charge in [0.15, 0.2) is 0 Å². The summed E-state index contributed by atoms with van der Waals surface area (Å²) in [4.78, 5) is 16.6. The lowest BCUT2D eigenvalue weighted by Gasteiger charge is -2.10. The third kappa shape index (κ3) is 4.36. The number of hydrogen-bond donors (Lipinski definition) is 0. The first-order valence-corrected chi connectivity index (χ1v) is 9.44. The lowest BCUT2D eigenvalue weighted by atomic mass is 10.2. The number of thiazole rings is 1. The standard InChI is InChI=1S/C19H16BrN3O2S/c1-13(24)23(21-11-14-3-9-17(25-2)10-4-14)19-22-18(12-26-19)15-5-7-16(20)8-6-15/h3-12H,1-2H3/b21-11-. The van der Waals surface area contributed by atoms with Gasteiger partial charge in [-0.2, -0.15) is 10.1 Å². The first kappa shape index (κ1) is 18.3. The zero-order valence-electron chi connectivity index (χ0n) is 14.2. The second-order valence-electron chi connectivity index (χ2n) is 5.37.